The number of hydrogen-bond acceptors (Lipinski definition) is 3. The van der Waals surface area contributed by atoms with Crippen LogP contribution in [-0.2, 0) is 6.54 Å². The van der Waals surface area contributed by atoms with Crippen LogP contribution < -0.4 is 0 Å². The van der Waals surface area contributed by atoms with E-state index >= 15 is 0 Å². The van der Waals surface area contributed by atoms with Crippen LogP contribution in [0.1, 0.15) is 11.1 Å². The predicted molar refractivity (Wildman–Crippen MR) is 53.1 cm³/mol. The molecule has 0 fully saturated rings. The Morgan fingerprint density at radius 3 is 2.64 bits per heavy atom. The van der Waals surface area contributed by atoms with Crippen molar-refractivity contribution in [2.45, 2.75) is 6.54 Å². The fourth-order valence-corrected chi connectivity index (χ4v) is 1.23. The van der Waals surface area contributed by atoms with Gasteiger partial charge >= 0.3 is 0 Å². The lowest BCUT2D eigenvalue weighted by atomic mass is 10.1. The summed E-state index contributed by atoms with van der Waals surface area (Å²) in [6.07, 6.45) is 0. The molecule has 70 valence electrons. The van der Waals surface area contributed by atoms with E-state index in [2.05, 4.69) is 12.1 Å². The quantitative estimate of drug-likeness (QED) is 0.671. The van der Waals surface area contributed by atoms with Crippen LogP contribution in [0.3, 0.4) is 0 Å². The minimum atomic E-state index is 0.375. The van der Waals surface area contributed by atoms with Gasteiger partial charge in [0.1, 0.15) is 0 Å². The summed E-state index contributed by atoms with van der Waals surface area (Å²) >= 11 is 0. The second-order valence-corrected chi connectivity index (χ2v) is 3.10. The van der Waals surface area contributed by atoms with Crippen LogP contribution in [0.25, 0.3) is 0 Å². The molecule has 0 bridgehead atoms. The lowest BCUT2D eigenvalue weighted by Crippen LogP contribution is -2.18. The first-order chi connectivity index (χ1) is 6.77. The Bertz CT molecular complexity index is 384. The summed E-state index contributed by atoms with van der Waals surface area (Å²) in [5.74, 6) is 0. The molecule has 0 unspecified atom stereocenters. The van der Waals surface area contributed by atoms with Crippen LogP contribution in [0.5, 0.6) is 0 Å². The van der Waals surface area contributed by atoms with Crippen molar-refractivity contribution in [1.82, 2.24) is 4.90 Å². The molecule has 3 nitrogen and oxygen atoms in total. The van der Waals surface area contributed by atoms with Crippen molar-refractivity contribution in [3.63, 3.8) is 0 Å². The summed E-state index contributed by atoms with van der Waals surface area (Å²) in [4.78, 5) is 1.87. The molecule has 0 radical (unpaired) electrons. The fourth-order valence-electron chi connectivity index (χ4n) is 1.23. The first-order valence-corrected chi connectivity index (χ1v) is 4.31. The van der Waals surface area contributed by atoms with Crippen molar-refractivity contribution in [3.8, 4) is 12.1 Å². The second kappa shape index (κ2) is 5.01. The van der Waals surface area contributed by atoms with Crippen LogP contribution >= 0.6 is 0 Å². The maximum Gasteiger partial charge on any atom is 0.0995 e. The summed E-state index contributed by atoms with van der Waals surface area (Å²) in [6.45, 7) is 1.01. The van der Waals surface area contributed by atoms with E-state index in [1.807, 2.05) is 30.1 Å². The molecule has 0 amide bonds. The second-order valence-electron chi connectivity index (χ2n) is 3.10. The van der Waals surface area contributed by atoms with Gasteiger partial charge in [-0.3, -0.25) is 4.90 Å². The zero-order valence-corrected chi connectivity index (χ0v) is 8.07. The molecule has 0 spiro atoms. The smallest absolute Gasteiger partial charge is 0.0995 e. The Balaban J connectivity index is 2.77. The Labute approximate surface area is 83.8 Å². The van der Waals surface area contributed by atoms with E-state index in [0.717, 1.165) is 5.56 Å². The molecule has 0 atom stereocenters. The average Bonchev–Trinajstić information content (AvgIpc) is 2.19. The average molecular weight is 185 g/mol. The molecule has 1 rings (SSSR count). The zero-order valence-electron chi connectivity index (χ0n) is 8.07. The SMILES string of the molecule is CN(CC#N)Cc1ccccc1C#N. The van der Waals surface area contributed by atoms with Gasteiger partial charge in [0, 0.05) is 6.54 Å². The van der Waals surface area contributed by atoms with Gasteiger partial charge in [-0.1, -0.05) is 18.2 Å². The van der Waals surface area contributed by atoms with Gasteiger partial charge in [-0.15, -0.1) is 0 Å². The molecule has 0 aliphatic carbocycles. The van der Waals surface area contributed by atoms with E-state index in [-0.39, 0.29) is 0 Å². The summed E-state index contributed by atoms with van der Waals surface area (Å²) < 4.78 is 0. The van der Waals surface area contributed by atoms with Crippen molar-refractivity contribution in [3.05, 3.63) is 35.4 Å². The van der Waals surface area contributed by atoms with Crippen molar-refractivity contribution >= 4 is 0 Å². The monoisotopic (exact) mass is 185 g/mol. The van der Waals surface area contributed by atoms with Crippen LogP contribution in [0.2, 0.25) is 0 Å². The van der Waals surface area contributed by atoms with Crippen LogP contribution in [0.4, 0.5) is 0 Å². The lowest BCUT2D eigenvalue weighted by Gasteiger charge is -2.12. The van der Waals surface area contributed by atoms with Gasteiger partial charge in [0.05, 0.1) is 24.2 Å². The van der Waals surface area contributed by atoms with Gasteiger partial charge in [-0.25, -0.2) is 0 Å². The van der Waals surface area contributed by atoms with E-state index in [0.29, 0.717) is 18.7 Å². The van der Waals surface area contributed by atoms with Crippen molar-refractivity contribution in [2.24, 2.45) is 0 Å². The Hall–Kier alpha value is -1.84. The van der Waals surface area contributed by atoms with Gasteiger partial charge in [-0.05, 0) is 18.7 Å². The van der Waals surface area contributed by atoms with E-state index in [1.165, 1.54) is 0 Å². The number of hydrogen-bond donors (Lipinski definition) is 0. The highest BCUT2D eigenvalue weighted by atomic mass is 15.1. The van der Waals surface area contributed by atoms with E-state index in [4.69, 9.17) is 10.5 Å². The molecule has 0 aliphatic rings. The molecule has 0 heterocycles. The van der Waals surface area contributed by atoms with E-state index in [1.54, 1.807) is 6.07 Å². The maximum absolute atomic E-state index is 8.83. The molecule has 3 heteroatoms. The first kappa shape index (κ1) is 10.2. The molecular weight excluding hydrogens is 174 g/mol. The topological polar surface area (TPSA) is 50.8 Å². The summed E-state index contributed by atoms with van der Waals surface area (Å²) in [6, 6.07) is 11.6. The molecule has 14 heavy (non-hydrogen) atoms. The highest BCUT2D eigenvalue weighted by Gasteiger charge is 2.03. The molecule has 0 N–H and O–H groups in total. The fraction of sp³-hybridized carbons (Fsp3) is 0.273. The molecule has 0 aliphatic heterocycles. The van der Waals surface area contributed by atoms with Crippen molar-refractivity contribution in [2.75, 3.05) is 13.6 Å². The van der Waals surface area contributed by atoms with Gasteiger partial charge < -0.3 is 0 Å². The standard InChI is InChI=1S/C11H11N3/c1-14(7-6-12)9-11-5-3-2-4-10(11)8-13/h2-5H,7,9H2,1H3. The minimum absolute atomic E-state index is 0.375. The maximum atomic E-state index is 8.83. The third kappa shape index (κ3) is 2.58. The predicted octanol–water partition coefficient (Wildman–Crippen LogP) is 1.51. The van der Waals surface area contributed by atoms with Gasteiger partial charge in [0.25, 0.3) is 0 Å². The zero-order chi connectivity index (χ0) is 10.4. The number of nitrogens with zero attached hydrogens (tertiary/aromatic N) is 3. The first-order valence-electron chi connectivity index (χ1n) is 4.31. The number of benzene rings is 1. The third-order valence-corrected chi connectivity index (χ3v) is 1.92. The molecule has 1 aromatic rings. The molecule has 0 aromatic heterocycles. The minimum Gasteiger partial charge on any atom is -0.289 e. The van der Waals surface area contributed by atoms with Crippen LogP contribution in [0, 0.1) is 22.7 Å². The largest absolute Gasteiger partial charge is 0.289 e. The highest BCUT2D eigenvalue weighted by Crippen LogP contribution is 2.09. The Kier molecular flexibility index (Phi) is 3.67. The Morgan fingerprint density at radius 1 is 1.29 bits per heavy atom. The van der Waals surface area contributed by atoms with Gasteiger partial charge in [0.2, 0.25) is 0 Å². The molecular formula is C11H11N3. The highest BCUT2D eigenvalue weighted by molar-refractivity contribution is 5.37. The summed E-state index contributed by atoms with van der Waals surface area (Å²) in [5.41, 5.74) is 1.64. The van der Waals surface area contributed by atoms with Gasteiger partial charge in [-0.2, -0.15) is 10.5 Å². The molecule has 1 aromatic carbocycles. The van der Waals surface area contributed by atoms with E-state index < -0.39 is 0 Å². The number of rotatable bonds is 3. The van der Waals surface area contributed by atoms with Crippen LogP contribution in [0.15, 0.2) is 24.3 Å². The van der Waals surface area contributed by atoms with Gasteiger partial charge in [0.15, 0.2) is 0 Å². The number of nitriles is 2. The van der Waals surface area contributed by atoms with E-state index in [9.17, 15) is 0 Å². The summed E-state index contributed by atoms with van der Waals surface area (Å²) in [7, 11) is 1.86. The van der Waals surface area contributed by atoms with Crippen molar-refractivity contribution < 1.29 is 0 Å². The molecule has 0 saturated heterocycles. The molecule has 0 saturated carbocycles. The third-order valence-electron chi connectivity index (χ3n) is 1.92. The lowest BCUT2D eigenvalue weighted by molar-refractivity contribution is 0.367. The summed E-state index contributed by atoms with van der Waals surface area (Å²) in [5, 5.41) is 17.3. The Morgan fingerprint density at radius 2 is 2.00 bits per heavy atom. The normalized spacial score (nSPS) is 9.43. The van der Waals surface area contributed by atoms with Crippen molar-refractivity contribution in [1.29, 1.82) is 10.5 Å². The van der Waals surface area contributed by atoms with Crippen LogP contribution in [-0.4, -0.2) is 18.5 Å².